The smallest absolute Gasteiger partial charge is 0.508 e. The monoisotopic (exact) mass is 546 g/mol. The summed E-state index contributed by atoms with van der Waals surface area (Å²) in [4.78, 5) is 12.1. The number of carbonyl (C=O) groups excluding carboxylic acids is 1. The summed E-state index contributed by atoms with van der Waals surface area (Å²) in [5, 5.41) is 9.70. The Balaban J connectivity index is 1.77. The number of benzene rings is 3. The van der Waals surface area contributed by atoms with E-state index in [-0.39, 0.29) is 23.9 Å². The van der Waals surface area contributed by atoms with E-state index in [2.05, 4.69) is 25.6 Å². The fourth-order valence-electron chi connectivity index (χ4n) is 4.52. The van der Waals surface area contributed by atoms with Gasteiger partial charge in [-0.05, 0) is 118 Å². The minimum atomic E-state index is -0.728. The molecule has 0 aliphatic heterocycles. The average molecular weight is 547 g/mol. The number of ether oxygens (including phenoxy) is 4. The van der Waals surface area contributed by atoms with Gasteiger partial charge in [0, 0.05) is 6.61 Å². The van der Waals surface area contributed by atoms with Gasteiger partial charge in [0.05, 0.1) is 0 Å². The Morgan fingerprint density at radius 3 is 2.02 bits per heavy atom. The molecule has 0 saturated carbocycles. The third-order valence-corrected chi connectivity index (χ3v) is 6.50. The van der Waals surface area contributed by atoms with E-state index in [1.54, 1.807) is 45.0 Å². The quantitative estimate of drug-likeness (QED) is 0.139. The molecule has 3 unspecified atom stereocenters. The molecule has 0 aromatic heterocycles. The molecule has 3 aromatic rings. The first-order valence-electron chi connectivity index (χ1n) is 13.8. The molecule has 0 spiro atoms. The van der Waals surface area contributed by atoms with Crippen LogP contribution in [-0.2, 0) is 9.47 Å². The van der Waals surface area contributed by atoms with Crippen LogP contribution >= 0.6 is 0 Å². The maximum atomic E-state index is 12.1. The summed E-state index contributed by atoms with van der Waals surface area (Å²) in [5.74, 6) is 1.84. The van der Waals surface area contributed by atoms with E-state index in [0.717, 1.165) is 35.3 Å². The summed E-state index contributed by atoms with van der Waals surface area (Å²) in [6.45, 7) is 16.4. The van der Waals surface area contributed by atoms with Gasteiger partial charge in [-0.15, -0.1) is 0 Å². The van der Waals surface area contributed by atoms with Gasteiger partial charge in [-0.25, -0.2) is 4.79 Å². The summed E-state index contributed by atoms with van der Waals surface area (Å²) in [7, 11) is 0. The second-order valence-corrected chi connectivity index (χ2v) is 11.0. The highest BCUT2D eigenvalue weighted by Gasteiger charge is 2.21. The van der Waals surface area contributed by atoms with E-state index in [1.807, 2.05) is 50.2 Å². The van der Waals surface area contributed by atoms with Gasteiger partial charge >= 0.3 is 6.16 Å². The fraction of sp³-hybridized carbons (Fsp3) is 0.382. The molecule has 40 heavy (non-hydrogen) atoms. The summed E-state index contributed by atoms with van der Waals surface area (Å²) < 4.78 is 21.9. The van der Waals surface area contributed by atoms with Crippen LogP contribution in [0.5, 0.6) is 17.2 Å². The van der Waals surface area contributed by atoms with E-state index in [0.29, 0.717) is 12.4 Å². The zero-order chi connectivity index (χ0) is 29.3. The van der Waals surface area contributed by atoms with Gasteiger partial charge in [-0.3, -0.25) is 0 Å². The van der Waals surface area contributed by atoms with Gasteiger partial charge < -0.3 is 24.1 Å². The van der Waals surface area contributed by atoms with Crippen molar-refractivity contribution in [1.82, 2.24) is 0 Å². The van der Waals surface area contributed by atoms with Gasteiger partial charge in [-0.1, -0.05) is 49.9 Å². The lowest BCUT2D eigenvalue weighted by Gasteiger charge is -2.24. The van der Waals surface area contributed by atoms with Crippen LogP contribution in [0.15, 0.2) is 79.4 Å². The summed E-state index contributed by atoms with van der Waals surface area (Å²) in [5.41, 5.74) is 3.68. The molecule has 3 aromatic carbocycles. The number of carbonyl (C=O) groups is 1. The first-order chi connectivity index (χ1) is 18.9. The molecule has 1 N–H and O–H groups in total. The molecule has 0 radical (unpaired) electrons. The molecule has 6 nitrogen and oxygen atoms in total. The van der Waals surface area contributed by atoms with Gasteiger partial charge in [-0.2, -0.15) is 0 Å². The van der Waals surface area contributed by atoms with Crippen molar-refractivity contribution in [3.63, 3.8) is 0 Å². The SMILES string of the molecule is C=C(CC(CC(C)c1ccc(OC(C)OCC)cc1)c1ccc(OC(=O)OC(C)(C)C)cc1)c1ccc(O)cc1. The van der Waals surface area contributed by atoms with Crippen LogP contribution in [0.2, 0.25) is 0 Å². The molecule has 0 saturated heterocycles. The van der Waals surface area contributed by atoms with Crippen molar-refractivity contribution >= 4 is 11.7 Å². The molecule has 214 valence electrons. The van der Waals surface area contributed by atoms with Crippen molar-refractivity contribution in [2.45, 2.75) is 78.1 Å². The van der Waals surface area contributed by atoms with Crippen LogP contribution < -0.4 is 9.47 Å². The molecule has 0 bridgehead atoms. The van der Waals surface area contributed by atoms with Gasteiger partial charge in [0.2, 0.25) is 0 Å². The molecule has 0 aliphatic carbocycles. The molecule has 3 atom stereocenters. The van der Waals surface area contributed by atoms with Gasteiger partial charge in [0.25, 0.3) is 0 Å². The number of hydrogen-bond acceptors (Lipinski definition) is 6. The van der Waals surface area contributed by atoms with E-state index in [1.165, 1.54) is 5.56 Å². The Morgan fingerprint density at radius 1 is 0.875 bits per heavy atom. The first-order valence-corrected chi connectivity index (χ1v) is 13.8. The van der Waals surface area contributed by atoms with Gasteiger partial charge in [0.1, 0.15) is 22.8 Å². The van der Waals surface area contributed by atoms with Crippen LogP contribution in [0.1, 0.15) is 82.9 Å². The highest BCUT2D eigenvalue weighted by atomic mass is 16.7. The minimum absolute atomic E-state index is 0.154. The lowest BCUT2D eigenvalue weighted by Crippen LogP contribution is -2.25. The van der Waals surface area contributed by atoms with Crippen LogP contribution in [0, 0.1) is 0 Å². The average Bonchev–Trinajstić information content (AvgIpc) is 2.88. The normalized spacial score (nSPS) is 13.7. The van der Waals surface area contributed by atoms with Crippen molar-refractivity contribution in [3.8, 4) is 17.2 Å². The number of rotatable bonds is 12. The van der Waals surface area contributed by atoms with Gasteiger partial charge in [0.15, 0.2) is 6.29 Å². The molecular formula is C34H42O6. The summed E-state index contributed by atoms with van der Waals surface area (Å²) >= 11 is 0. The van der Waals surface area contributed by atoms with E-state index in [9.17, 15) is 9.90 Å². The Kier molecular flexibility index (Phi) is 10.8. The van der Waals surface area contributed by atoms with E-state index < -0.39 is 11.8 Å². The molecule has 6 heteroatoms. The van der Waals surface area contributed by atoms with Crippen LogP contribution in [-0.4, -0.2) is 29.8 Å². The molecule has 3 rings (SSSR count). The Morgan fingerprint density at radius 2 is 1.45 bits per heavy atom. The maximum Gasteiger partial charge on any atom is 0.514 e. The third-order valence-electron chi connectivity index (χ3n) is 6.50. The van der Waals surface area contributed by atoms with Crippen molar-refractivity contribution in [1.29, 1.82) is 0 Å². The van der Waals surface area contributed by atoms with Crippen LogP contribution in [0.25, 0.3) is 5.57 Å². The number of phenolic OH excluding ortho intramolecular Hbond substituents is 1. The topological polar surface area (TPSA) is 74.2 Å². The standard InChI is InChI=1S/C34H42O6/c1-8-37-25(4)38-31-17-11-27(12-18-31)24(3)22-29(21-23(2)26-9-15-30(35)16-10-26)28-13-19-32(20-14-28)39-33(36)40-34(5,6)7/h9-20,24-25,29,35H,2,8,21-22H2,1,3-7H3. The third kappa shape index (κ3) is 9.76. The van der Waals surface area contributed by atoms with E-state index >= 15 is 0 Å². The molecule has 0 heterocycles. The maximum absolute atomic E-state index is 12.1. The summed E-state index contributed by atoms with van der Waals surface area (Å²) in [6.07, 6.45) is 0.577. The second-order valence-electron chi connectivity index (χ2n) is 11.0. The zero-order valence-corrected chi connectivity index (χ0v) is 24.5. The predicted octanol–water partition coefficient (Wildman–Crippen LogP) is 8.85. The van der Waals surface area contributed by atoms with Crippen molar-refractivity contribution in [3.05, 3.63) is 96.1 Å². The van der Waals surface area contributed by atoms with E-state index in [4.69, 9.17) is 18.9 Å². The van der Waals surface area contributed by atoms with Crippen molar-refractivity contribution in [2.75, 3.05) is 6.61 Å². The fourth-order valence-corrected chi connectivity index (χ4v) is 4.52. The Bertz CT molecular complexity index is 1220. The zero-order valence-electron chi connectivity index (χ0n) is 24.5. The lowest BCUT2D eigenvalue weighted by atomic mass is 9.81. The number of hydrogen-bond donors (Lipinski definition) is 1. The minimum Gasteiger partial charge on any atom is -0.508 e. The highest BCUT2D eigenvalue weighted by Crippen LogP contribution is 2.37. The van der Waals surface area contributed by atoms with Crippen molar-refractivity contribution in [2.24, 2.45) is 0 Å². The number of aromatic hydroxyl groups is 1. The largest absolute Gasteiger partial charge is 0.514 e. The summed E-state index contributed by atoms with van der Waals surface area (Å²) in [6, 6.07) is 22.9. The van der Waals surface area contributed by atoms with Crippen LogP contribution in [0.4, 0.5) is 4.79 Å². The first kappa shape index (κ1) is 30.8. The van der Waals surface area contributed by atoms with Crippen LogP contribution in [0.3, 0.4) is 0 Å². The second kappa shape index (κ2) is 14.0. The highest BCUT2D eigenvalue weighted by molar-refractivity contribution is 5.65. The number of phenols is 1. The molecular weight excluding hydrogens is 504 g/mol. The Labute approximate surface area is 238 Å². The number of allylic oxidation sites excluding steroid dienone is 1. The lowest BCUT2D eigenvalue weighted by molar-refractivity contribution is -0.0613. The van der Waals surface area contributed by atoms with Crippen molar-refractivity contribution < 1.29 is 28.8 Å². The molecule has 0 amide bonds. The Hall–Kier alpha value is -3.77. The molecule has 0 fully saturated rings. The predicted molar refractivity (Wildman–Crippen MR) is 159 cm³/mol. The molecule has 0 aliphatic rings.